The Morgan fingerprint density at radius 1 is 1.35 bits per heavy atom. The number of hydrogen-bond acceptors (Lipinski definition) is 9. The number of carbonyl (C=O) groups excluding carboxylic acids is 1. The van der Waals surface area contributed by atoms with Crippen LogP contribution in [0.25, 0.3) is 11.2 Å². The molecule has 2 aromatic heterocycles. The summed E-state index contributed by atoms with van der Waals surface area (Å²) in [6.45, 7) is 3.84. The predicted octanol–water partition coefficient (Wildman–Crippen LogP) is 0.746. The molecule has 10 heteroatoms. The third-order valence-electron chi connectivity index (χ3n) is 4.83. The number of carbonyl (C=O) groups is 1. The molecule has 0 aliphatic carbocycles. The first kappa shape index (κ1) is 17.9. The first-order chi connectivity index (χ1) is 12.7. The lowest BCUT2D eigenvalue weighted by Crippen LogP contribution is -2.51. The normalized spacial score (nSPS) is 26.4. The topological polar surface area (TPSA) is 93.4 Å². The minimum absolute atomic E-state index is 0.260. The zero-order valence-corrected chi connectivity index (χ0v) is 16.1. The zero-order chi connectivity index (χ0) is 18.1. The minimum atomic E-state index is -1.20. The van der Waals surface area contributed by atoms with E-state index >= 15 is 0 Å². The van der Waals surface area contributed by atoms with Gasteiger partial charge in [0.15, 0.2) is 22.5 Å². The Labute approximate surface area is 159 Å². The van der Waals surface area contributed by atoms with Gasteiger partial charge in [-0.2, -0.15) is 23.5 Å². The van der Waals surface area contributed by atoms with Crippen molar-refractivity contribution in [1.29, 1.82) is 0 Å². The van der Waals surface area contributed by atoms with Gasteiger partial charge < -0.3 is 14.7 Å². The number of aliphatic hydroxyl groups is 1. The van der Waals surface area contributed by atoms with Crippen LogP contribution in [-0.4, -0.2) is 79.4 Å². The van der Waals surface area contributed by atoms with E-state index in [9.17, 15) is 9.90 Å². The van der Waals surface area contributed by atoms with Crippen LogP contribution < -0.4 is 4.90 Å². The van der Waals surface area contributed by atoms with E-state index in [1.165, 1.54) is 18.1 Å². The average molecular weight is 396 g/mol. The SMILES string of the molecule is CCOC(=O)C1(n2cnc3c(N4CCSCC4)ncnc32)CSCC1O. The molecule has 1 N–H and O–H groups in total. The Morgan fingerprint density at radius 3 is 2.85 bits per heavy atom. The molecule has 0 radical (unpaired) electrons. The fraction of sp³-hybridized carbons (Fsp3) is 0.625. The molecule has 2 aliphatic heterocycles. The van der Waals surface area contributed by atoms with E-state index in [0.717, 1.165) is 30.4 Å². The standard InChI is InChI=1S/C16H21N5O3S2/c1-2-24-15(23)16(8-26-7-11(16)22)21-10-19-12-13(17-9-18-14(12)21)20-3-5-25-6-4-20/h9-11,22H,2-8H2,1H3. The molecular formula is C16H21N5O3S2. The molecule has 0 spiro atoms. The molecular weight excluding hydrogens is 374 g/mol. The van der Waals surface area contributed by atoms with Crippen molar-refractivity contribution in [1.82, 2.24) is 19.5 Å². The van der Waals surface area contributed by atoms with Gasteiger partial charge in [-0.15, -0.1) is 0 Å². The van der Waals surface area contributed by atoms with Gasteiger partial charge in [-0.25, -0.2) is 19.7 Å². The van der Waals surface area contributed by atoms with Crippen LogP contribution in [0, 0.1) is 0 Å². The van der Waals surface area contributed by atoms with Crippen molar-refractivity contribution >= 4 is 46.5 Å². The molecule has 2 aliphatic rings. The molecule has 0 saturated carbocycles. The van der Waals surface area contributed by atoms with Crippen LogP contribution in [0.1, 0.15) is 6.92 Å². The molecule has 0 bridgehead atoms. The number of aliphatic hydroxyl groups excluding tert-OH is 1. The Kier molecular flexibility index (Phi) is 4.98. The minimum Gasteiger partial charge on any atom is -0.464 e. The molecule has 2 saturated heterocycles. The lowest BCUT2D eigenvalue weighted by atomic mass is 9.95. The molecule has 8 nitrogen and oxygen atoms in total. The van der Waals surface area contributed by atoms with Crippen molar-refractivity contribution in [3.05, 3.63) is 12.7 Å². The van der Waals surface area contributed by atoms with Crippen molar-refractivity contribution in [2.75, 3.05) is 47.6 Å². The van der Waals surface area contributed by atoms with Crippen LogP contribution in [0.15, 0.2) is 12.7 Å². The highest BCUT2D eigenvalue weighted by Crippen LogP contribution is 2.39. The number of rotatable bonds is 4. The number of hydrogen-bond donors (Lipinski definition) is 1. The van der Waals surface area contributed by atoms with E-state index in [0.29, 0.717) is 22.7 Å². The van der Waals surface area contributed by atoms with Gasteiger partial charge in [0.2, 0.25) is 0 Å². The maximum Gasteiger partial charge on any atom is 0.336 e. The van der Waals surface area contributed by atoms with Gasteiger partial charge in [-0.3, -0.25) is 4.57 Å². The van der Waals surface area contributed by atoms with Crippen LogP contribution >= 0.6 is 23.5 Å². The van der Waals surface area contributed by atoms with Gasteiger partial charge in [0.05, 0.1) is 19.0 Å². The van der Waals surface area contributed by atoms with Crippen molar-refractivity contribution in [2.45, 2.75) is 18.6 Å². The lowest BCUT2D eigenvalue weighted by Gasteiger charge is -2.31. The molecule has 0 amide bonds. The summed E-state index contributed by atoms with van der Waals surface area (Å²) in [6, 6.07) is 0. The van der Waals surface area contributed by atoms with E-state index < -0.39 is 17.6 Å². The first-order valence-electron chi connectivity index (χ1n) is 8.62. The second-order valence-electron chi connectivity index (χ2n) is 6.26. The van der Waals surface area contributed by atoms with E-state index in [2.05, 4.69) is 19.9 Å². The fourth-order valence-electron chi connectivity index (χ4n) is 3.46. The van der Waals surface area contributed by atoms with Gasteiger partial charge in [0, 0.05) is 36.1 Å². The smallest absolute Gasteiger partial charge is 0.336 e. The number of nitrogens with zero attached hydrogens (tertiary/aromatic N) is 5. The van der Waals surface area contributed by atoms with Crippen molar-refractivity contribution < 1.29 is 14.6 Å². The van der Waals surface area contributed by atoms with Crippen molar-refractivity contribution in [2.24, 2.45) is 0 Å². The highest BCUT2D eigenvalue weighted by molar-refractivity contribution is 7.99. The van der Waals surface area contributed by atoms with Gasteiger partial charge >= 0.3 is 5.97 Å². The van der Waals surface area contributed by atoms with E-state index in [-0.39, 0.29) is 6.61 Å². The van der Waals surface area contributed by atoms with Crippen LogP contribution in [0.4, 0.5) is 5.82 Å². The first-order valence-corrected chi connectivity index (χ1v) is 10.9. The summed E-state index contributed by atoms with van der Waals surface area (Å²) in [5.41, 5.74) is 0.0220. The maximum absolute atomic E-state index is 12.8. The number of aromatic nitrogens is 4. The summed E-state index contributed by atoms with van der Waals surface area (Å²) in [6.07, 6.45) is 2.24. The molecule has 140 valence electrons. The molecule has 4 heterocycles. The number of anilines is 1. The second-order valence-corrected chi connectivity index (χ2v) is 8.51. The van der Waals surface area contributed by atoms with Gasteiger partial charge in [0.25, 0.3) is 0 Å². The predicted molar refractivity (Wildman–Crippen MR) is 103 cm³/mol. The molecule has 0 aromatic carbocycles. The molecule has 2 fully saturated rings. The Morgan fingerprint density at radius 2 is 2.15 bits per heavy atom. The molecule has 2 atom stereocenters. The monoisotopic (exact) mass is 395 g/mol. The zero-order valence-electron chi connectivity index (χ0n) is 14.5. The average Bonchev–Trinajstić information content (AvgIpc) is 3.26. The van der Waals surface area contributed by atoms with Crippen molar-refractivity contribution in [3.63, 3.8) is 0 Å². The summed E-state index contributed by atoms with van der Waals surface area (Å²) in [4.78, 5) is 28.4. The third-order valence-corrected chi connectivity index (χ3v) is 6.97. The number of fused-ring (bicyclic) bond motifs is 1. The third kappa shape index (κ3) is 2.74. The quantitative estimate of drug-likeness (QED) is 0.753. The number of imidazole rings is 1. The summed E-state index contributed by atoms with van der Waals surface area (Å²) in [7, 11) is 0. The van der Waals surface area contributed by atoms with Crippen LogP contribution in [0.3, 0.4) is 0 Å². The highest BCUT2D eigenvalue weighted by Gasteiger charge is 2.53. The largest absolute Gasteiger partial charge is 0.464 e. The molecule has 26 heavy (non-hydrogen) atoms. The number of esters is 1. The molecule has 2 unspecified atom stereocenters. The Hall–Kier alpha value is -1.52. The Balaban J connectivity index is 1.82. The number of thioether (sulfide) groups is 2. The summed E-state index contributed by atoms with van der Waals surface area (Å²) in [5.74, 6) is 3.35. The van der Waals surface area contributed by atoms with Gasteiger partial charge in [-0.1, -0.05) is 0 Å². The summed E-state index contributed by atoms with van der Waals surface area (Å²) < 4.78 is 6.99. The van der Waals surface area contributed by atoms with Gasteiger partial charge in [0.1, 0.15) is 6.33 Å². The molecule has 2 aromatic rings. The molecule has 4 rings (SSSR count). The second kappa shape index (κ2) is 7.24. The Bertz CT molecular complexity index is 810. The van der Waals surface area contributed by atoms with Crippen LogP contribution in [-0.2, 0) is 15.1 Å². The van der Waals surface area contributed by atoms with E-state index in [1.54, 1.807) is 17.8 Å². The van der Waals surface area contributed by atoms with Crippen LogP contribution in [0.5, 0.6) is 0 Å². The van der Waals surface area contributed by atoms with Crippen LogP contribution in [0.2, 0.25) is 0 Å². The summed E-state index contributed by atoms with van der Waals surface area (Å²) >= 11 is 3.45. The summed E-state index contributed by atoms with van der Waals surface area (Å²) in [5, 5.41) is 10.7. The van der Waals surface area contributed by atoms with E-state index in [1.807, 2.05) is 11.8 Å². The van der Waals surface area contributed by atoms with Gasteiger partial charge in [-0.05, 0) is 6.92 Å². The fourth-order valence-corrected chi connectivity index (χ4v) is 5.74. The van der Waals surface area contributed by atoms with Crippen molar-refractivity contribution in [3.8, 4) is 0 Å². The lowest BCUT2D eigenvalue weighted by molar-refractivity contribution is -0.157. The highest BCUT2D eigenvalue weighted by atomic mass is 32.2. The number of ether oxygens (including phenoxy) is 1. The maximum atomic E-state index is 12.8. The van der Waals surface area contributed by atoms with E-state index in [4.69, 9.17) is 4.74 Å².